The zero-order valence-electron chi connectivity index (χ0n) is 6.44. The van der Waals surface area contributed by atoms with Crippen LogP contribution in [0.2, 0.25) is 15.1 Å². The molecule has 0 aliphatic carbocycles. The van der Waals surface area contributed by atoms with Gasteiger partial charge in [0.15, 0.2) is 0 Å². The first-order valence-electron chi connectivity index (χ1n) is 3.43. The Hall–Kier alpha value is 0.0500. The lowest BCUT2D eigenvalue weighted by Gasteiger charge is -2.09. The molecule has 0 saturated heterocycles. The van der Waals surface area contributed by atoms with Crippen LogP contribution in [0.4, 0.5) is 0 Å². The average molecular weight is 225 g/mol. The molecular weight excluding hydrogens is 216 g/mol. The van der Waals surface area contributed by atoms with E-state index in [1.165, 1.54) is 0 Å². The highest BCUT2D eigenvalue weighted by atomic mass is 35.5. The lowest BCUT2D eigenvalue weighted by molar-refractivity contribution is 0.818. The second-order valence-electron chi connectivity index (χ2n) is 2.55. The SMILES string of the molecule is C[C@H](N)c1ccc(Cl)c(Cl)c1Cl. The summed E-state index contributed by atoms with van der Waals surface area (Å²) in [5.41, 5.74) is 6.46. The molecule has 0 spiro atoms. The lowest BCUT2D eigenvalue weighted by Crippen LogP contribution is -2.05. The normalized spacial score (nSPS) is 13.1. The molecule has 0 amide bonds. The predicted molar refractivity (Wildman–Crippen MR) is 54.1 cm³/mol. The van der Waals surface area contributed by atoms with Gasteiger partial charge in [0.2, 0.25) is 0 Å². The summed E-state index contributed by atoms with van der Waals surface area (Å²) in [7, 11) is 0. The summed E-state index contributed by atoms with van der Waals surface area (Å²) in [5.74, 6) is 0. The van der Waals surface area contributed by atoms with Crippen LogP contribution in [0.25, 0.3) is 0 Å². The van der Waals surface area contributed by atoms with Crippen LogP contribution in [0.1, 0.15) is 18.5 Å². The Morgan fingerprint density at radius 2 is 1.75 bits per heavy atom. The molecular formula is C8H8Cl3N. The smallest absolute Gasteiger partial charge is 0.0781 e. The van der Waals surface area contributed by atoms with Crippen LogP contribution in [0.5, 0.6) is 0 Å². The fourth-order valence-corrected chi connectivity index (χ4v) is 1.61. The van der Waals surface area contributed by atoms with Gasteiger partial charge in [0, 0.05) is 6.04 Å². The van der Waals surface area contributed by atoms with E-state index in [0.29, 0.717) is 15.1 Å². The minimum absolute atomic E-state index is 0.132. The standard InChI is InChI=1S/C8H8Cl3N/c1-4(12)5-2-3-6(9)8(11)7(5)10/h2-4H,12H2,1H3/t4-/m0/s1. The molecule has 1 rings (SSSR count). The van der Waals surface area contributed by atoms with Crippen LogP contribution >= 0.6 is 34.8 Å². The van der Waals surface area contributed by atoms with Gasteiger partial charge in [-0.25, -0.2) is 0 Å². The first-order valence-corrected chi connectivity index (χ1v) is 4.56. The Morgan fingerprint density at radius 3 is 2.25 bits per heavy atom. The van der Waals surface area contributed by atoms with Gasteiger partial charge in [-0.3, -0.25) is 0 Å². The monoisotopic (exact) mass is 223 g/mol. The summed E-state index contributed by atoms with van der Waals surface area (Å²) in [4.78, 5) is 0. The maximum absolute atomic E-state index is 5.90. The Kier molecular flexibility index (Phi) is 3.24. The van der Waals surface area contributed by atoms with Gasteiger partial charge in [0.1, 0.15) is 0 Å². The van der Waals surface area contributed by atoms with E-state index >= 15 is 0 Å². The number of hydrogen-bond acceptors (Lipinski definition) is 1. The molecule has 1 aromatic carbocycles. The van der Waals surface area contributed by atoms with Crippen molar-refractivity contribution in [2.24, 2.45) is 5.73 Å². The van der Waals surface area contributed by atoms with Crippen LogP contribution in [0.3, 0.4) is 0 Å². The second-order valence-corrected chi connectivity index (χ2v) is 3.72. The van der Waals surface area contributed by atoms with Crippen LogP contribution in [-0.4, -0.2) is 0 Å². The van der Waals surface area contributed by atoms with Crippen molar-refractivity contribution in [2.75, 3.05) is 0 Å². The fraction of sp³-hybridized carbons (Fsp3) is 0.250. The minimum atomic E-state index is -0.132. The third-order valence-corrected chi connectivity index (χ3v) is 2.86. The van der Waals surface area contributed by atoms with Gasteiger partial charge in [-0.15, -0.1) is 0 Å². The molecule has 0 aliphatic rings. The summed E-state index contributed by atoms with van der Waals surface area (Å²) < 4.78 is 0. The highest BCUT2D eigenvalue weighted by molar-refractivity contribution is 6.48. The Morgan fingerprint density at radius 1 is 1.17 bits per heavy atom. The maximum atomic E-state index is 5.90. The molecule has 1 atom stereocenters. The van der Waals surface area contributed by atoms with Crippen molar-refractivity contribution in [1.82, 2.24) is 0 Å². The quantitative estimate of drug-likeness (QED) is 0.724. The van der Waals surface area contributed by atoms with E-state index in [2.05, 4.69) is 0 Å². The highest BCUT2D eigenvalue weighted by Crippen LogP contribution is 2.34. The van der Waals surface area contributed by atoms with Crippen molar-refractivity contribution in [3.63, 3.8) is 0 Å². The molecule has 12 heavy (non-hydrogen) atoms. The third-order valence-electron chi connectivity index (χ3n) is 1.56. The van der Waals surface area contributed by atoms with Gasteiger partial charge in [0.25, 0.3) is 0 Å². The number of hydrogen-bond donors (Lipinski definition) is 1. The molecule has 0 saturated carbocycles. The van der Waals surface area contributed by atoms with Gasteiger partial charge >= 0.3 is 0 Å². The summed E-state index contributed by atoms with van der Waals surface area (Å²) in [5, 5.41) is 1.26. The molecule has 1 aromatic rings. The van der Waals surface area contributed by atoms with E-state index in [9.17, 15) is 0 Å². The Balaban J connectivity index is 3.27. The molecule has 1 nitrogen and oxygen atoms in total. The minimum Gasteiger partial charge on any atom is -0.324 e. The molecule has 2 N–H and O–H groups in total. The summed E-state index contributed by atoms with van der Waals surface area (Å²) in [6.45, 7) is 1.84. The molecule has 0 aromatic heterocycles. The van der Waals surface area contributed by atoms with E-state index in [1.807, 2.05) is 6.92 Å². The number of nitrogens with two attached hydrogens (primary N) is 1. The van der Waals surface area contributed by atoms with Gasteiger partial charge in [-0.2, -0.15) is 0 Å². The van der Waals surface area contributed by atoms with Gasteiger partial charge in [-0.1, -0.05) is 40.9 Å². The van der Waals surface area contributed by atoms with E-state index in [0.717, 1.165) is 5.56 Å². The van der Waals surface area contributed by atoms with Crippen molar-refractivity contribution in [3.05, 3.63) is 32.8 Å². The van der Waals surface area contributed by atoms with Gasteiger partial charge in [-0.05, 0) is 18.6 Å². The summed E-state index contributed by atoms with van der Waals surface area (Å²) in [6, 6.07) is 3.34. The van der Waals surface area contributed by atoms with Crippen molar-refractivity contribution in [3.8, 4) is 0 Å². The lowest BCUT2D eigenvalue weighted by atomic mass is 10.1. The van der Waals surface area contributed by atoms with E-state index in [-0.39, 0.29) is 6.04 Å². The van der Waals surface area contributed by atoms with Crippen LogP contribution in [-0.2, 0) is 0 Å². The fourth-order valence-electron chi connectivity index (χ4n) is 0.893. The highest BCUT2D eigenvalue weighted by Gasteiger charge is 2.10. The zero-order chi connectivity index (χ0) is 9.30. The topological polar surface area (TPSA) is 26.0 Å². The van der Waals surface area contributed by atoms with Crippen LogP contribution in [0, 0.1) is 0 Å². The van der Waals surface area contributed by atoms with E-state index in [1.54, 1.807) is 12.1 Å². The van der Waals surface area contributed by atoms with Crippen molar-refractivity contribution in [2.45, 2.75) is 13.0 Å². The van der Waals surface area contributed by atoms with Gasteiger partial charge < -0.3 is 5.73 Å². The first kappa shape index (κ1) is 10.1. The number of benzene rings is 1. The molecule has 4 heteroatoms. The molecule has 0 fully saturated rings. The van der Waals surface area contributed by atoms with Crippen LogP contribution < -0.4 is 5.73 Å². The van der Waals surface area contributed by atoms with Crippen molar-refractivity contribution in [1.29, 1.82) is 0 Å². The number of rotatable bonds is 1. The largest absolute Gasteiger partial charge is 0.324 e. The predicted octanol–water partition coefficient (Wildman–Crippen LogP) is 3.67. The maximum Gasteiger partial charge on any atom is 0.0781 e. The van der Waals surface area contributed by atoms with Crippen LogP contribution in [0.15, 0.2) is 12.1 Å². The Labute approximate surface area is 86.4 Å². The number of halogens is 3. The molecule has 0 radical (unpaired) electrons. The molecule has 0 bridgehead atoms. The molecule has 66 valence electrons. The molecule has 0 unspecified atom stereocenters. The second kappa shape index (κ2) is 3.84. The van der Waals surface area contributed by atoms with Crippen molar-refractivity contribution < 1.29 is 0 Å². The molecule has 0 heterocycles. The third kappa shape index (κ3) is 1.86. The molecule has 0 aliphatic heterocycles. The van der Waals surface area contributed by atoms with E-state index in [4.69, 9.17) is 40.5 Å². The summed E-state index contributed by atoms with van der Waals surface area (Å²) >= 11 is 17.4. The van der Waals surface area contributed by atoms with Gasteiger partial charge in [0.05, 0.1) is 15.1 Å². The average Bonchev–Trinajstić information content (AvgIpc) is 2.00. The zero-order valence-corrected chi connectivity index (χ0v) is 8.71. The van der Waals surface area contributed by atoms with Crippen molar-refractivity contribution >= 4 is 34.8 Å². The first-order chi connectivity index (χ1) is 5.54. The van der Waals surface area contributed by atoms with E-state index < -0.39 is 0 Å². The summed E-state index contributed by atoms with van der Waals surface area (Å²) in [6.07, 6.45) is 0. The Bertz CT molecular complexity index is 297.